The van der Waals surface area contributed by atoms with Crippen molar-refractivity contribution in [3.63, 3.8) is 0 Å². The largest absolute Gasteiger partial charge is 0.459 e. The smallest absolute Gasteiger partial charge is 0.333 e. The predicted octanol–water partition coefficient (Wildman–Crippen LogP) is 0.895. The molecule has 1 heterocycles. The van der Waals surface area contributed by atoms with Crippen LogP contribution in [0, 0.1) is 0 Å². The van der Waals surface area contributed by atoms with E-state index >= 15 is 0 Å². The van der Waals surface area contributed by atoms with Gasteiger partial charge in [0, 0.05) is 5.57 Å². The first-order valence-corrected chi connectivity index (χ1v) is 3.70. The Kier molecular flexibility index (Phi) is 2.65. The highest BCUT2D eigenvalue weighted by Crippen LogP contribution is 2.10. The number of ether oxygens (including phenoxy) is 2. The van der Waals surface area contributed by atoms with Crippen molar-refractivity contribution in [2.75, 3.05) is 13.2 Å². The molecule has 0 spiro atoms. The van der Waals surface area contributed by atoms with Crippen molar-refractivity contribution in [3.8, 4) is 0 Å². The fraction of sp³-hybridized carbons (Fsp3) is 0.625. The summed E-state index contributed by atoms with van der Waals surface area (Å²) in [6.45, 7) is 6.52. The van der Waals surface area contributed by atoms with Crippen LogP contribution in [-0.2, 0) is 14.3 Å². The van der Waals surface area contributed by atoms with Gasteiger partial charge >= 0.3 is 5.97 Å². The molecule has 1 aliphatic heterocycles. The van der Waals surface area contributed by atoms with E-state index in [1.54, 1.807) is 0 Å². The summed E-state index contributed by atoms with van der Waals surface area (Å²) in [7, 11) is 0. The van der Waals surface area contributed by atoms with Gasteiger partial charge in [0.15, 0.2) is 0 Å². The van der Waals surface area contributed by atoms with Gasteiger partial charge in [-0.25, -0.2) is 4.79 Å². The van der Waals surface area contributed by atoms with Gasteiger partial charge in [-0.1, -0.05) is 13.5 Å². The molecule has 0 N–H and O–H groups in total. The third-order valence-electron chi connectivity index (χ3n) is 1.52. The average Bonchev–Trinajstić information content (AvgIpc) is 2.81. The van der Waals surface area contributed by atoms with Gasteiger partial charge in [-0.15, -0.1) is 0 Å². The fourth-order valence-electron chi connectivity index (χ4n) is 0.579. The first kappa shape index (κ1) is 8.27. The van der Waals surface area contributed by atoms with E-state index in [0.717, 1.165) is 0 Å². The van der Waals surface area contributed by atoms with Crippen LogP contribution in [0.5, 0.6) is 0 Å². The molecule has 1 fully saturated rings. The molecule has 0 aromatic heterocycles. The first-order chi connectivity index (χ1) is 5.24. The van der Waals surface area contributed by atoms with Crippen LogP contribution >= 0.6 is 0 Å². The fourth-order valence-corrected chi connectivity index (χ4v) is 0.579. The lowest BCUT2D eigenvalue weighted by Gasteiger charge is -2.01. The summed E-state index contributed by atoms with van der Waals surface area (Å²) < 4.78 is 9.72. The average molecular weight is 156 g/mol. The third-order valence-corrected chi connectivity index (χ3v) is 1.52. The van der Waals surface area contributed by atoms with Crippen LogP contribution in [0.25, 0.3) is 0 Å². The summed E-state index contributed by atoms with van der Waals surface area (Å²) in [6, 6.07) is 0. The van der Waals surface area contributed by atoms with E-state index in [-0.39, 0.29) is 12.1 Å². The Hall–Kier alpha value is -0.830. The topological polar surface area (TPSA) is 38.8 Å². The molecule has 1 aliphatic rings. The zero-order chi connectivity index (χ0) is 8.27. The van der Waals surface area contributed by atoms with Crippen LogP contribution in [0.3, 0.4) is 0 Å². The number of rotatable bonds is 4. The minimum absolute atomic E-state index is 0.142. The summed E-state index contributed by atoms with van der Waals surface area (Å²) in [4.78, 5) is 10.9. The SMILES string of the molecule is C=C(CC)C(=O)OCC1CO1. The number of carbonyl (C=O) groups is 1. The number of esters is 1. The molecule has 1 atom stereocenters. The molecule has 1 unspecified atom stereocenters. The van der Waals surface area contributed by atoms with E-state index < -0.39 is 0 Å². The molecule has 0 aromatic rings. The lowest BCUT2D eigenvalue weighted by atomic mass is 10.2. The maximum absolute atomic E-state index is 10.9. The Morgan fingerprint density at radius 3 is 2.91 bits per heavy atom. The molecule has 1 rings (SSSR count). The Bertz CT molecular complexity index is 170. The Labute approximate surface area is 66.0 Å². The molecule has 0 aromatic carbocycles. The van der Waals surface area contributed by atoms with Gasteiger partial charge in [0.2, 0.25) is 0 Å². The summed E-state index contributed by atoms with van der Waals surface area (Å²) in [5.74, 6) is -0.303. The van der Waals surface area contributed by atoms with E-state index in [4.69, 9.17) is 9.47 Å². The van der Waals surface area contributed by atoms with Crippen molar-refractivity contribution in [1.29, 1.82) is 0 Å². The van der Waals surface area contributed by atoms with Crippen LogP contribution in [0.2, 0.25) is 0 Å². The lowest BCUT2D eigenvalue weighted by Crippen LogP contribution is -2.10. The maximum Gasteiger partial charge on any atom is 0.333 e. The van der Waals surface area contributed by atoms with Crippen LogP contribution in [-0.4, -0.2) is 25.3 Å². The van der Waals surface area contributed by atoms with Gasteiger partial charge in [-0.05, 0) is 6.42 Å². The van der Waals surface area contributed by atoms with E-state index in [0.29, 0.717) is 25.2 Å². The van der Waals surface area contributed by atoms with Gasteiger partial charge in [0.1, 0.15) is 12.7 Å². The number of carbonyl (C=O) groups excluding carboxylic acids is 1. The van der Waals surface area contributed by atoms with E-state index in [1.807, 2.05) is 6.92 Å². The number of epoxide rings is 1. The standard InChI is InChI=1S/C8H12O3/c1-3-6(2)8(9)11-5-7-4-10-7/h7H,2-5H2,1H3. The minimum atomic E-state index is -0.303. The van der Waals surface area contributed by atoms with Gasteiger partial charge in [0.25, 0.3) is 0 Å². The van der Waals surface area contributed by atoms with Crippen molar-refractivity contribution >= 4 is 5.97 Å². The van der Waals surface area contributed by atoms with Gasteiger partial charge in [0.05, 0.1) is 6.61 Å². The van der Waals surface area contributed by atoms with Crippen molar-refractivity contribution in [3.05, 3.63) is 12.2 Å². The van der Waals surface area contributed by atoms with Crippen molar-refractivity contribution in [2.24, 2.45) is 0 Å². The molecule has 0 bridgehead atoms. The van der Waals surface area contributed by atoms with Gasteiger partial charge < -0.3 is 9.47 Å². The molecular weight excluding hydrogens is 144 g/mol. The molecule has 62 valence electrons. The second-order valence-electron chi connectivity index (χ2n) is 2.51. The minimum Gasteiger partial charge on any atom is -0.459 e. The normalized spacial score (nSPS) is 21.0. The third kappa shape index (κ3) is 2.72. The summed E-state index contributed by atoms with van der Waals surface area (Å²) in [5, 5.41) is 0. The molecular formula is C8H12O3. The molecule has 0 radical (unpaired) electrons. The Balaban J connectivity index is 2.13. The van der Waals surface area contributed by atoms with E-state index in [1.165, 1.54) is 0 Å². The number of hydrogen-bond acceptors (Lipinski definition) is 3. The molecule has 11 heavy (non-hydrogen) atoms. The highest BCUT2D eigenvalue weighted by Gasteiger charge is 2.24. The van der Waals surface area contributed by atoms with Gasteiger partial charge in [-0.3, -0.25) is 0 Å². The van der Waals surface area contributed by atoms with Crippen LogP contribution in [0.4, 0.5) is 0 Å². The summed E-state index contributed by atoms with van der Waals surface area (Å²) in [5.41, 5.74) is 0.519. The zero-order valence-corrected chi connectivity index (χ0v) is 6.63. The monoisotopic (exact) mass is 156 g/mol. The van der Waals surface area contributed by atoms with Crippen LogP contribution in [0.15, 0.2) is 12.2 Å². The maximum atomic E-state index is 10.9. The van der Waals surface area contributed by atoms with Crippen molar-refractivity contribution < 1.29 is 14.3 Å². The van der Waals surface area contributed by atoms with Crippen LogP contribution < -0.4 is 0 Å². The Morgan fingerprint density at radius 2 is 2.45 bits per heavy atom. The molecule has 3 nitrogen and oxygen atoms in total. The summed E-state index contributed by atoms with van der Waals surface area (Å²) in [6.07, 6.45) is 0.785. The highest BCUT2D eigenvalue weighted by molar-refractivity contribution is 5.87. The molecule has 0 aliphatic carbocycles. The van der Waals surface area contributed by atoms with E-state index in [2.05, 4.69) is 6.58 Å². The van der Waals surface area contributed by atoms with Crippen LogP contribution in [0.1, 0.15) is 13.3 Å². The summed E-state index contributed by atoms with van der Waals surface area (Å²) >= 11 is 0. The molecule has 0 amide bonds. The molecule has 1 saturated heterocycles. The Morgan fingerprint density at radius 1 is 1.82 bits per heavy atom. The van der Waals surface area contributed by atoms with Gasteiger partial charge in [-0.2, -0.15) is 0 Å². The first-order valence-electron chi connectivity index (χ1n) is 3.70. The molecule has 3 heteroatoms. The predicted molar refractivity (Wildman–Crippen MR) is 40.1 cm³/mol. The zero-order valence-electron chi connectivity index (χ0n) is 6.63. The van der Waals surface area contributed by atoms with Crippen molar-refractivity contribution in [2.45, 2.75) is 19.4 Å². The number of hydrogen-bond donors (Lipinski definition) is 0. The second-order valence-corrected chi connectivity index (χ2v) is 2.51. The second kappa shape index (κ2) is 3.53. The molecule has 0 saturated carbocycles. The van der Waals surface area contributed by atoms with Crippen molar-refractivity contribution in [1.82, 2.24) is 0 Å². The quantitative estimate of drug-likeness (QED) is 0.345. The highest BCUT2D eigenvalue weighted by atomic mass is 16.6. The van der Waals surface area contributed by atoms with E-state index in [9.17, 15) is 4.79 Å². The lowest BCUT2D eigenvalue weighted by molar-refractivity contribution is -0.139.